The van der Waals surface area contributed by atoms with E-state index in [-0.39, 0.29) is 5.92 Å². The van der Waals surface area contributed by atoms with Gasteiger partial charge in [-0.05, 0) is 19.8 Å². The van der Waals surface area contributed by atoms with Gasteiger partial charge >= 0.3 is 11.9 Å². The molecule has 4 heteroatoms. The number of carboxylic acid groups (broad SMARTS) is 1. The van der Waals surface area contributed by atoms with E-state index in [0.717, 1.165) is 0 Å². The van der Waals surface area contributed by atoms with E-state index in [0.29, 0.717) is 0 Å². The zero-order valence-electron chi connectivity index (χ0n) is 8.46. The van der Waals surface area contributed by atoms with Gasteiger partial charge in [0.25, 0.3) is 0 Å². The van der Waals surface area contributed by atoms with Crippen LogP contribution in [-0.4, -0.2) is 22.6 Å². The van der Waals surface area contributed by atoms with Gasteiger partial charge in [-0.1, -0.05) is 13.8 Å². The SMILES string of the molecule is CC(C)C(C)(C)OC(=O)CC(=O)O. The minimum absolute atomic E-state index is 0.158. The Balaban J connectivity index is 4.12. The first-order valence-electron chi connectivity index (χ1n) is 4.19. The third-order valence-electron chi connectivity index (χ3n) is 2.06. The Hall–Kier alpha value is -1.06. The number of carbonyl (C=O) groups excluding carboxylic acids is 1. The standard InChI is InChI=1S/C9H16O4/c1-6(2)9(3,4)13-8(12)5-7(10)11/h6H,5H2,1-4H3,(H,10,11). The summed E-state index contributed by atoms with van der Waals surface area (Å²) in [6, 6.07) is 0. The molecule has 0 aliphatic rings. The lowest BCUT2D eigenvalue weighted by molar-refractivity contribution is -0.164. The van der Waals surface area contributed by atoms with E-state index in [1.54, 1.807) is 13.8 Å². The average molecular weight is 188 g/mol. The lowest BCUT2D eigenvalue weighted by Crippen LogP contribution is -2.34. The molecule has 0 fully saturated rings. The van der Waals surface area contributed by atoms with E-state index in [9.17, 15) is 9.59 Å². The van der Waals surface area contributed by atoms with Crippen LogP contribution in [0.25, 0.3) is 0 Å². The quantitative estimate of drug-likeness (QED) is 0.535. The molecule has 0 aromatic carbocycles. The minimum Gasteiger partial charge on any atom is -0.481 e. The molecule has 76 valence electrons. The topological polar surface area (TPSA) is 63.6 Å². The lowest BCUT2D eigenvalue weighted by Gasteiger charge is -2.28. The Kier molecular flexibility index (Phi) is 3.91. The molecule has 0 aliphatic heterocycles. The minimum atomic E-state index is -1.16. The summed E-state index contributed by atoms with van der Waals surface area (Å²) in [5.41, 5.74) is -0.605. The van der Waals surface area contributed by atoms with Crippen LogP contribution in [0.5, 0.6) is 0 Å². The van der Waals surface area contributed by atoms with Crippen molar-refractivity contribution >= 4 is 11.9 Å². The van der Waals surface area contributed by atoms with E-state index < -0.39 is 24.0 Å². The summed E-state index contributed by atoms with van der Waals surface area (Å²) >= 11 is 0. The summed E-state index contributed by atoms with van der Waals surface area (Å²) in [6.07, 6.45) is -0.573. The Morgan fingerprint density at radius 1 is 1.38 bits per heavy atom. The maximum Gasteiger partial charge on any atom is 0.317 e. The number of hydrogen-bond donors (Lipinski definition) is 1. The van der Waals surface area contributed by atoms with Crippen LogP contribution in [0.2, 0.25) is 0 Å². The highest BCUT2D eigenvalue weighted by atomic mass is 16.6. The molecule has 0 spiro atoms. The highest BCUT2D eigenvalue weighted by Gasteiger charge is 2.27. The van der Waals surface area contributed by atoms with Crippen molar-refractivity contribution < 1.29 is 19.4 Å². The van der Waals surface area contributed by atoms with Crippen LogP contribution < -0.4 is 0 Å². The Morgan fingerprint density at radius 2 is 1.85 bits per heavy atom. The summed E-state index contributed by atoms with van der Waals surface area (Å²) < 4.78 is 4.99. The van der Waals surface area contributed by atoms with Crippen molar-refractivity contribution in [1.82, 2.24) is 0 Å². The Labute approximate surface area is 77.9 Å². The van der Waals surface area contributed by atoms with Crippen molar-refractivity contribution in [1.29, 1.82) is 0 Å². The number of carbonyl (C=O) groups is 2. The summed E-state index contributed by atoms with van der Waals surface area (Å²) in [7, 11) is 0. The predicted octanol–water partition coefficient (Wildman–Crippen LogP) is 1.44. The summed E-state index contributed by atoms with van der Waals surface area (Å²) in [5, 5.41) is 8.32. The number of hydrogen-bond acceptors (Lipinski definition) is 3. The lowest BCUT2D eigenvalue weighted by atomic mass is 9.95. The van der Waals surface area contributed by atoms with Crippen LogP contribution in [0, 0.1) is 5.92 Å². The van der Waals surface area contributed by atoms with Crippen LogP contribution in [-0.2, 0) is 14.3 Å². The second-order valence-corrected chi connectivity index (χ2v) is 3.80. The number of ether oxygens (including phenoxy) is 1. The normalized spacial score (nSPS) is 11.5. The number of carboxylic acids is 1. The molecule has 0 aliphatic carbocycles. The van der Waals surface area contributed by atoms with Gasteiger partial charge in [0.2, 0.25) is 0 Å². The number of esters is 1. The molecular formula is C9H16O4. The van der Waals surface area contributed by atoms with Crippen LogP contribution in [0.15, 0.2) is 0 Å². The fraction of sp³-hybridized carbons (Fsp3) is 0.778. The first-order chi connectivity index (χ1) is 5.75. The maximum absolute atomic E-state index is 11.0. The molecule has 13 heavy (non-hydrogen) atoms. The van der Waals surface area contributed by atoms with Crippen molar-refractivity contribution in [3.63, 3.8) is 0 Å². The molecule has 0 heterocycles. The van der Waals surface area contributed by atoms with Crippen molar-refractivity contribution in [2.24, 2.45) is 5.92 Å². The summed E-state index contributed by atoms with van der Waals surface area (Å²) in [5.74, 6) is -1.69. The van der Waals surface area contributed by atoms with Gasteiger partial charge in [0.15, 0.2) is 0 Å². The van der Waals surface area contributed by atoms with Gasteiger partial charge < -0.3 is 9.84 Å². The third-order valence-corrected chi connectivity index (χ3v) is 2.06. The fourth-order valence-electron chi connectivity index (χ4n) is 0.571. The van der Waals surface area contributed by atoms with E-state index in [2.05, 4.69) is 0 Å². The maximum atomic E-state index is 11.0. The average Bonchev–Trinajstić information content (AvgIpc) is 1.82. The van der Waals surface area contributed by atoms with Gasteiger partial charge in [-0.25, -0.2) is 0 Å². The van der Waals surface area contributed by atoms with Gasteiger partial charge in [0.1, 0.15) is 12.0 Å². The van der Waals surface area contributed by atoms with Crippen molar-refractivity contribution in [3.8, 4) is 0 Å². The smallest absolute Gasteiger partial charge is 0.317 e. The fourth-order valence-corrected chi connectivity index (χ4v) is 0.571. The summed E-state index contributed by atoms with van der Waals surface area (Å²) in [4.78, 5) is 21.1. The third kappa shape index (κ3) is 4.50. The van der Waals surface area contributed by atoms with Gasteiger partial charge in [-0.3, -0.25) is 9.59 Å². The molecule has 0 rings (SSSR count). The molecule has 4 nitrogen and oxygen atoms in total. The molecule has 0 saturated heterocycles. The van der Waals surface area contributed by atoms with E-state index in [1.165, 1.54) is 0 Å². The molecule has 0 aromatic rings. The van der Waals surface area contributed by atoms with Gasteiger partial charge in [-0.2, -0.15) is 0 Å². The van der Waals surface area contributed by atoms with Crippen molar-refractivity contribution in [3.05, 3.63) is 0 Å². The summed E-state index contributed by atoms with van der Waals surface area (Å²) in [6.45, 7) is 7.34. The number of rotatable bonds is 4. The van der Waals surface area contributed by atoms with Gasteiger partial charge in [0.05, 0.1) is 0 Å². The monoisotopic (exact) mass is 188 g/mol. The molecule has 0 atom stereocenters. The molecule has 0 unspecified atom stereocenters. The van der Waals surface area contributed by atoms with Crippen LogP contribution >= 0.6 is 0 Å². The first-order valence-corrected chi connectivity index (χ1v) is 4.19. The van der Waals surface area contributed by atoms with E-state index in [1.807, 2.05) is 13.8 Å². The van der Waals surface area contributed by atoms with Crippen molar-refractivity contribution in [2.45, 2.75) is 39.7 Å². The molecule has 1 N–H and O–H groups in total. The molecule has 0 amide bonds. The highest BCUT2D eigenvalue weighted by molar-refractivity contribution is 5.90. The molecule has 0 saturated carbocycles. The zero-order valence-corrected chi connectivity index (χ0v) is 8.46. The number of aliphatic carboxylic acids is 1. The molecule has 0 radical (unpaired) electrons. The second kappa shape index (κ2) is 4.25. The van der Waals surface area contributed by atoms with Crippen LogP contribution in [0.4, 0.5) is 0 Å². The zero-order chi connectivity index (χ0) is 10.6. The first kappa shape index (κ1) is 11.9. The van der Waals surface area contributed by atoms with Crippen molar-refractivity contribution in [2.75, 3.05) is 0 Å². The second-order valence-electron chi connectivity index (χ2n) is 3.80. The Bertz CT molecular complexity index is 206. The predicted molar refractivity (Wildman–Crippen MR) is 47.3 cm³/mol. The van der Waals surface area contributed by atoms with Gasteiger partial charge in [-0.15, -0.1) is 0 Å². The van der Waals surface area contributed by atoms with E-state index in [4.69, 9.17) is 9.84 Å². The molecule has 0 aromatic heterocycles. The van der Waals surface area contributed by atoms with E-state index >= 15 is 0 Å². The largest absolute Gasteiger partial charge is 0.481 e. The van der Waals surface area contributed by atoms with Gasteiger partial charge in [0, 0.05) is 0 Å². The Morgan fingerprint density at radius 3 is 2.15 bits per heavy atom. The molecule has 0 bridgehead atoms. The highest BCUT2D eigenvalue weighted by Crippen LogP contribution is 2.20. The van der Waals surface area contributed by atoms with Crippen LogP contribution in [0.3, 0.4) is 0 Å². The molecular weight excluding hydrogens is 172 g/mol. The van der Waals surface area contributed by atoms with Crippen LogP contribution in [0.1, 0.15) is 34.1 Å².